The quantitative estimate of drug-likeness (QED) is 0.824. The van der Waals surface area contributed by atoms with Crippen molar-refractivity contribution in [3.8, 4) is 0 Å². The molecule has 0 aromatic carbocycles. The standard InChI is InChI=1S/C12H21N3O2S/c1-2-5-13-12-15-14-11(18-12)9-17-8-10-3-6-16-7-4-10/h10H,2-9H2,1H3,(H,13,15). The first-order valence-corrected chi connectivity index (χ1v) is 7.42. The summed E-state index contributed by atoms with van der Waals surface area (Å²) in [6.07, 6.45) is 3.31. The van der Waals surface area contributed by atoms with Crippen LogP contribution in [-0.4, -0.2) is 36.6 Å². The maximum absolute atomic E-state index is 5.70. The minimum Gasteiger partial charge on any atom is -0.381 e. The van der Waals surface area contributed by atoms with Crippen LogP contribution in [0.15, 0.2) is 0 Å². The highest BCUT2D eigenvalue weighted by atomic mass is 32.1. The van der Waals surface area contributed by atoms with Crippen LogP contribution in [0, 0.1) is 5.92 Å². The third kappa shape index (κ3) is 4.51. The highest BCUT2D eigenvalue weighted by Crippen LogP contribution is 2.18. The van der Waals surface area contributed by atoms with Gasteiger partial charge in [-0.3, -0.25) is 0 Å². The Labute approximate surface area is 112 Å². The summed E-state index contributed by atoms with van der Waals surface area (Å²) in [5, 5.41) is 13.2. The van der Waals surface area contributed by atoms with Crippen molar-refractivity contribution in [1.29, 1.82) is 0 Å². The number of rotatable bonds is 7. The Hall–Kier alpha value is -0.720. The molecule has 1 fully saturated rings. The second-order valence-corrected chi connectivity index (χ2v) is 5.56. The van der Waals surface area contributed by atoms with E-state index in [2.05, 4.69) is 22.4 Å². The molecule has 6 heteroatoms. The third-order valence-corrected chi connectivity index (χ3v) is 3.77. The Morgan fingerprint density at radius 1 is 1.39 bits per heavy atom. The second kappa shape index (κ2) is 7.66. The van der Waals surface area contributed by atoms with Crippen molar-refractivity contribution >= 4 is 16.5 Å². The summed E-state index contributed by atoms with van der Waals surface area (Å²) in [4.78, 5) is 0. The van der Waals surface area contributed by atoms with Crippen molar-refractivity contribution < 1.29 is 9.47 Å². The topological polar surface area (TPSA) is 56.3 Å². The highest BCUT2D eigenvalue weighted by molar-refractivity contribution is 7.15. The van der Waals surface area contributed by atoms with Gasteiger partial charge in [0.2, 0.25) is 5.13 Å². The third-order valence-electron chi connectivity index (χ3n) is 2.91. The Balaban J connectivity index is 1.64. The summed E-state index contributed by atoms with van der Waals surface area (Å²) in [5.41, 5.74) is 0. The van der Waals surface area contributed by atoms with Gasteiger partial charge in [0.1, 0.15) is 11.6 Å². The van der Waals surface area contributed by atoms with Crippen LogP contribution in [0.1, 0.15) is 31.2 Å². The number of nitrogens with zero attached hydrogens (tertiary/aromatic N) is 2. The van der Waals surface area contributed by atoms with E-state index in [9.17, 15) is 0 Å². The molecule has 2 heterocycles. The molecule has 0 atom stereocenters. The van der Waals surface area contributed by atoms with E-state index in [1.807, 2.05) is 0 Å². The molecule has 18 heavy (non-hydrogen) atoms. The second-order valence-electron chi connectivity index (χ2n) is 4.50. The van der Waals surface area contributed by atoms with E-state index in [-0.39, 0.29) is 0 Å². The van der Waals surface area contributed by atoms with Crippen LogP contribution in [0.2, 0.25) is 0 Å². The molecule has 0 saturated carbocycles. The van der Waals surface area contributed by atoms with Crippen LogP contribution in [0.4, 0.5) is 5.13 Å². The van der Waals surface area contributed by atoms with Crippen molar-refractivity contribution in [3.63, 3.8) is 0 Å². The van der Waals surface area contributed by atoms with Crippen LogP contribution < -0.4 is 5.32 Å². The first-order chi connectivity index (χ1) is 8.88. The molecule has 1 saturated heterocycles. The van der Waals surface area contributed by atoms with Gasteiger partial charge in [0, 0.05) is 19.8 Å². The van der Waals surface area contributed by atoms with E-state index >= 15 is 0 Å². The average Bonchev–Trinajstić information content (AvgIpc) is 2.85. The van der Waals surface area contributed by atoms with Crippen LogP contribution in [-0.2, 0) is 16.1 Å². The highest BCUT2D eigenvalue weighted by Gasteiger charge is 2.14. The minimum absolute atomic E-state index is 0.572. The lowest BCUT2D eigenvalue weighted by Crippen LogP contribution is -2.20. The van der Waals surface area contributed by atoms with Crippen LogP contribution in [0.5, 0.6) is 0 Å². The Morgan fingerprint density at radius 3 is 3.00 bits per heavy atom. The predicted molar refractivity (Wildman–Crippen MR) is 71.9 cm³/mol. The van der Waals surface area contributed by atoms with Gasteiger partial charge in [-0.05, 0) is 25.2 Å². The molecular formula is C12H21N3O2S. The summed E-state index contributed by atoms with van der Waals surface area (Å²) >= 11 is 1.58. The summed E-state index contributed by atoms with van der Waals surface area (Å²) in [6.45, 7) is 6.20. The summed E-state index contributed by atoms with van der Waals surface area (Å²) in [6, 6.07) is 0. The molecule has 1 aromatic rings. The van der Waals surface area contributed by atoms with Gasteiger partial charge >= 0.3 is 0 Å². The number of ether oxygens (including phenoxy) is 2. The van der Waals surface area contributed by atoms with E-state index in [0.717, 1.165) is 55.8 Å². The van der Waals surface area contributed by atoms with Gasteiger partial charge in [0.15, 0.2) is 0 Å². The maximum Gasteiger partial charge on any atom is 0.205 e. The molecule has 1 aliphatic rings. The van der Waals surface area contributed by atoms with Gasteiger partial charge in [-0.25, -0.2) is 0 Å². The zero-order valence-corrected chi connectivity index (χ0v) is 11.7. The molecule has 0 spiro atoms. The summed E-state index contributed by atoms with van der Waals surface area (Å²) in [7, 11) is 0. The monoisotopic (exact) mass is 271 g/mol. The summed E-state index contributed by atoms with van der Waals surface area (Å²) in [5.74, 6) is 0.643. The molecule has 1 aliphatic heterocycles. The fraction of sp³-hybridized carbons (Fsp3) is 0.833. The van der Waals surface area contributed by atoms with E-state index in [1.54, 1.807) is 11.3 Å². The largest absolute Gasteiger partial charge is 0.381 e. The fourth-order valence-corrected chi connectivity index (χ4v) is 2.54. The lowest BCUT2D eigenvalue weighted by molar-refractivity contribution is 0.0156. The van der Waals surface area contributed by atoms with Gasteiger partial charge in [-0.1, -0.05) is 18.3 Å². The van der Waals surface area contributed by atoms with E-state index in [1.165, 1.54) is 0 Å². The zero-order chi connectivity index (χ0) is 12.6. The van der Waals surface area contributed by atoms with Crippen molar-refractivity contribution in [2.24, 2.45) is 5.92 Å². The molecule has 102 valence electrons. The number of nitrogens with one attached hydrogen (secondary N) is 1. The van der Waals surface area contributed by atoms with E-state index in [0.29, 0.717) is 12.5 Å². The lowest BCUT2D eigenvalue weighted by Gasteiger charge is -2.21. The normalized spacial score (nSPS) is 16.9. The molecule has 0 unspecified atom stereocenters. The number of hydrogen-bond donors (Lipinski definition) is 1. The molecule has 0 radical (unpaired) electrons. The first-order valence-electron chi connectivity index (χ1n) is 6.60. The molecule has 0 amide bonds. The zero-order valence-electron chi connectivity index (χ0n) is 10.9. The number of anilines is 1. The Bertz CT molecular complexity index is 340. The minimum atomic E-state index is 0.572. The smallest absolute Gasteiger partial charge is 0.205 e. The van der Waals surface area contributed by atoms with Gasteiger partial charge in [-0.15, -0.1) is 10.2 Å². The molecule has 0 aliphatic carbocycles. The van der Waals surface area contributed by atoms with E-state index < -0.39 is 0 Å². The molecule has 2 rings (SSSR count). The number of aromatic nitrogens is 2. The SMILES string of the molecule is CCCNc1nnc(COCC2CCOCC2)s1. The van der Waals surface area contributed by atoms with Crippen molar-refractivity contribution in [2.45, 2.75) is 32.8 Å². The van der Waals surface area contributed by atoms with Gasteiger partial charge in [-0.2, -0.15) is 0 Å². The lowest BCUT2D eigenvalue weighted by atomic mass is 10.0. The van der Waals surface area contributed by atoms with Crippen molar-refractivity contribution in [2.75, 3.05) is 31.7 Å². The predicted octanol–water partition coefficient (Wildman–Crippen LogP) is 2.30. The van der Waals surface area contributed by atoms with E-state index in [4.69, 9.17) is 9.47 Å². The average molecular weight is 271 g/mol. The van der Waals surface area contributed by atoms with Crippen LogP contribution in [0.25, 0.3) is 0 Å². The fourth-order valence-electron chi connectivity index (χ4n) is 1.84. The maximum atomic E-state index is 5.70. The van der Waals surface area contributed by atoms with Crippen molar-refractivity contribution in [3.05, 3.63) is 5.01 Å². The van der Waals surface area contributed by atoms with Crippen LogP contribution in [0.3, 0.4) is 0 Å². The van der Waals surface area contributed by atoms with Crippen molar-refractivity contribution in [1.82, 2.24) is 10.2 Å². The number of hydrogen-bond acceptors (Lipinski definition) is 6. The first kappa shape index (κ1) is 13.7. The molecule has 1 aromatic heterocycles. The Kier molecular flexibility index (Phi) is 5.83. The van der Waals surface area contributed by atoms with Gasteiger partial charge in [0.05, 0.1) is 6.61 Å². The molecule has 0 bridgehead atoms. The summed E-state index contributed by atoms with van der Waals surface area (Å²) < 4.78 is 11.0. The van der Waals surface area contributed by atoms with Gasteiger partial charge in [0.25, 0.3) is 0 Å². The Morgan fingerprint density at radius 2 is 2.22 bits per heavy atom. The van der Waals surface area contributed by atoms with Gasteiger partial charge < -0.3 is 14.8 Å². The molecule has 5 nitrogen and oxygen atoms in total. The molecular weight excluding hydrogens is 250 g/mol. The van der Waals surface area contributed by atoms with Crippen LogP contribution >= 0.6 is 11.3 Å². The molecule has 1 N–H and O–H groups in total.